The van der Waals surface area contributed by atoms with Gasteiger partial charge in [-0.3, -0.25) is 9.88 Å². The molecule has 0 aliphatic carbocycles. The molecule has 1 fully saturated rings. The van der Waals surface area contributed by atoms with E-state index < -0.39 is 0 Å². The summed E-state index contributed by atoms with van der Waals surface area (Å²) in [5.74, 6) is 0.410. The first-order chi connectivity index (χ1) is 10.2. The highest BCUT2D eigenvalue weighted by atomic mass is 19.1. The predicted octanol–water partition coefficient (Wildman–Crippen LogP) is 2.93. The lowest BCUT2D eigenvalue weighted by Crippen LogP contribution is -2.48. The van der Waals surface area contributed by atoms with Crippen LogP contribution in [0.25, 0.3) is 10.9 Å². The van der Waals surface area contributed by atoms with Gasteiger partial charge in [0.2, 0.25) is 0 Å². The molecule has 0 spiro atoms. The van der Waals surface area contributed by atoms with E-state index in [4.69, 9.17) is 5.73 Å². The molecule has 0 bridgehead atoms. The second-order valence-corrected chi connectivity index (χ2v) is 6.00. The minimum atomic E-state index is -0.204. The first-order valence-electron chi connectivity index (χ1n) is 7.67. The lowest BCUT2D eigenvalue weighted by atomic mass is 9.90. The van der Waals surface area contributed by atoms with E-state index in [0.717, 1.165) is 24.2 Å². The van der Waals surface area contributed by atoms with Crippen LogP contribution in [0.1, 0.15) is 25.3 Å². The van der Waals surface area contributed by atoms with E-state index >= 15 is 0 Å². The molecule has 0 saturated carbocycles. The van der Waals surface area contributed by atoms with Crippen LogP contribution in [0, 0.1) is 11.7 Å². The van der Waals surface area contributed by atoms with Gasteiger partial charge in [-0.2, -0.15) is 0 Å². The van der Waals surface area contributed by atoms with Crippen LogP contribution in [0.3, 0.4) is 0 Å². The van der Waals surface area contributed by atoms with Gasteiger partial charge in [-0.05, 0) is 49.1 Å². The summed E-state index contributed by atoms with van der Waals surface area (Å²) in [7, 11) is 0. The van der Waals surface area contributed by atoms with Gasteiger partial charge in [-0.15, -0.1) is 0 Å². The molecule has 3 nitrogen and oxygen atoms in total. The third kappa shape index (κ3) is 2.78. The molecule has 2 unspecified atom stereocenters. The Morgan fingerprint density at radius 1 is 1.38 bits per heavy atom. The van der Waals surface area contributed by atoms with E-state index in [1.807, 2.05) is 6.07 Å². The average molecular weight is 287 g/mol. The summed E-state index contributed by atoms with van der Waals surface area (Å²) >= 11 is 0. The van der Waals surface area contributed by atoms with Crippen molar-refractivity contribution in [2.24, 2.45) is 11.7 Å². The van der Waals surface area contributed by atoms with Crippen molar-refractivity contribution in [1.82, 2.24) is 9.88 Å². The SMILES string of the molecule is CC1CCCN(Cc2ccc(F)c3cccnc23)C1CN. The van der Waals surface area contributed by atoms with Gasteiger partial charge in [0, 0.05) is 30.7 Å². The van der Waals surface area contributed by atoms with Crippen LogP contribution in [-0.2, 0) is 6.54 Å². The summed E-state index contributed by atoms with van der Waals surface area (Å²) in [6, 6.07) is 7.38. The Morgan fingerprint density at radius 3 is 3.05 bits per heavy atom. The molecular weight excluding hydrogens is 265 g/mol. The summed E-state index contributed by atoms with van der Waals surface area (Å²) in [6.45, 7) is 4.79. The molecule has 4 heteroatoms. The Morgan fingerprint density at radius 2 is 2.24 bits per heavy atom. The lowest BCUT2D eigenvalue weighted by molar-refractivity contribution is 0.0994. The third-order valence-corrected chi connectivity index (χ3v) is 4.65. The maximum absolute atomic E-state index is 13.9. The van der Waals surface area contributed by atoms with Crippen LogP contribution in [0.4, 0.5) is 4.39 Å². The highest BCUT2D eigenvalue weighted by Crippen LogP contribution is 2.27. The van der Waals surface area contributed by atoms with Gasteiger partial charge in [0.1, 0.15) is 5.82 Å². The average Bonchev–Trinajstić information content (AvgIpc) is 2.51. The topological polar surface area (TPSA) is 42.2 Å². The van der Waals surface area contributed by atoms with Crippen molar-refractivity contribution in [3.8, 4) is 0 Å². The smallest absolute Gasteiger partial charge is 0.132 e. The van der Waals surface area contributed by atoms with Crippen LogP contribution < -0.4 is 5.73 Å². The number of halogens is 1. The molecule has 2 heterocycles. The number of rotatable bonds is 3. The number of pyridine rings is 1. The van der Waals surface area contributed by atoms with E-state index in [0.29, 0.717) is 23.9 Å². The first-order valence-corrected chi connectivity index (χ1v) is 7.67. The van der Waals surface area contributed by atoms with Gasteiger partial charge in [-0.25, -0.2) is 4.39 Å². The fraction of sp³-hybridized carbons (Fsp3) is 0.471. The molecule has 21 heavy (non-hydrogen) atoms. The van der Waals surface area contributed by atoms with E-state index in [2.05, 4.69) is 16.8 Å². The lowest BCUT2D eigenvalue weighted by Gasteiger charge is -2.39. The quantitative estimate of drug-likeness (QED) is 0.943. The Balaban J connectivity index is 1.93. The zero-order valence-corrected chi connectivity index (χ0v) is 12.4. The normalized spacial score (nSPS) is 23.6. The van der Waals surface area contributed by atoms with Gasteiger partial charge in [0.05, 0.1) is 5.52 Å². The van der Waals surface area contributed by atoms with Crippen LogP contribution >= 0.6 is 0 Å². The molecule has 0 radical (unpaired) electrons. The second-order valence-electron chi connectivity index (χ2n) is 6.00. The summed E-state index contributed by atoms with van der Waals surface area (Å²) in [5, 5.41) is 0.601. The molecule has 2 N–H and O–H groups in total. The van der Waals surface area contributed by atoms with Crippen molar-refractivity contribution in [2.75, 3.05) is 13.1 Å². The molecule has 1 aromatic heterocycles. The van der Waals surface area contributed by atoms with Gasteiger partial charge in [0.15, 0.2) is 0 Å². The Labute approximate surface area is 125 Å². The monoisotopic (exact) mass is 287 g/mol. The van der Waals surface area contributed by atoms with Crippen molar-refractivity contribution < 1.29 is 4.39 Å². The van der Waals surface area contributed by atoms with Crippen molar-refractivity contribution >= 4 is 10.9 Å². The molecular formula is C17H22FN3. The summed E-state index contributed by atoms with van der Waals surface area (Å²) < 4.78 is 13.9. The minimum Gasteiger partial charge on any atom is -0.329 e. The van der Waals surface area contributed by atoms with E-state index in [1.165, 1.54) is 12.8 Å². The molecule has 3 rings (SSSR count). The number of hydrogen-bond donors (Lipinski definition) is 1. The van der Waals surface area contributed by atoms with Crippen molar-refractivity contribution in [2.45, 2.75) is 32.4 Å². The molecule has 1 aliphatic heterocycles. The van der Waals surface area contributed by atoms with Crippen LogP contribution in [0.2, 0.25) is 0 Å². The third-order valence-electron chi connectivity index (χ3n) is 4.65. The number of nitrogens with zero attached hydrogens (tertiary/aromatic N) is 2. The molecule has 1 aliphatic rings. The zero-order chi connectivity index (χ0) is 14.8. The molecule has 112 valence electrons. The number of fused-ring (bicyclic) bond motifs is 1. The second kappa shape index (κ2) is 6.08. The zero-order valence-electron chi connectivity index (χ0n) is 12.4. The predicted molar refractivity (Wildman–Crippen MR) is 83.4 cm³/mol. The minimum absolute atomic E-state index is 0.204. The van der Waals surface area contributed by atoms with Crippen LogP contribution in [-0.4, -0.2) is 29.0 Å². The number of hydrogen-bond acceptors (Lipinski definition) is 3. The number of nitrogens with two attached hydrogens (primary N) is 1. The molecule has 1 saturated heterocycles. The molecule has 2 aromatic rings. The van der Waals surface area contributed by atoms with Crippen molar-refractivity contribution in [1.29, 1.82) is 0 Å². The van der Waals surface area contributed by atoms with Crippen molar-refractivity contribution in [3.05, 3.63) is 41.8 Å². The maximum atomic E-state index is 13.9. The van der Waals surface area contributed by atoms with E-state index in [-0.39, 0.29) is 5.82 Å². The van der Waals surface area contributed by atoms with Crippen LogP contribution in [0.5, 0.6) is 0 Å². The van der Waals surface area contributed by atoms with Gasteiger partial charge in [0.25, 0.3) is 0 Å². The largest absolute Gasteiger partial charge is 0.329 e. The van der Waals surface area contributed by atoms with Gasteiger partial charge in [-0.1, -0.05) is 13.0 Å². The van der Waals surface area contributed by atoms with Gasteiger partial charge < -0.3 is 5.73 Å². The highest BCUT2D eigenvalue weighted by Gasteiger charge is 2.27. The number of aromatic nitrogens is 1. The fourth-order valence-corrected chi connectivity index (χ4v) is 3.45. The van der Waals surface area contributed by atoms with Gasteiger partial charge >= 0.3 is 0 Å². The summed E-state index contributed by atoms with van der Waals surface area (Å²) in [4.78, 5) is 6.81. The molecule has 2 atom stereocenters. The maximum Gasteiger partial charge on any atom is 0.132 e. The Kier molecular flexibility index (Phi) is 4.17. The summed E-state index contributed by atoms with van der Waals surface area (Å²) in [5.41, 5.74) is 7.81. The number of benzene rings is 1. The first kappa shape index (κ1) is 14.4. The van der Waals surface area contributed by atoms with E-state index in [1.54, 1.807) is 24.4 Å². The Bertz CT molecular complexity index is 628. The van der Waals surface area contributed by atoms with Crippen molar-refractivity contribution in [3.63, 3.8) is 0 Å². The molecule has 0 amide bonds. The Hall–Kier alpha value is -1.52. The molecule has 1 aromatic carbocycles. The fourth-order valence-electron chi connectivity index (χ4n) is 3.45. The van der Waals surface area contributed by atoms with Crippen LogP contribution in [0.15, 0.2) is 30.5 Å². The standard InChI is InChI=1S/C17H22FN3/c1-12-4-3-9-21(16(12)10-19)11-13-6-7-15(18)14-5-2-8-20-17(13)14/h2,5-8,12,16H,3-4,9-11,19H2,1H3. The summed E-state index contributed by atoms with van der Waals surface area (Å²) in [6.07, 6.45) is 4.16. The highest BCUT2D eigenvalue weighted by molar-refractivity contribution is 5.82. The van der Waals surface area contributed by atoms with E-state index in [9.17, 15) is 4.39 Å². The number of piperidine rings is 1. The number of likely N-dealkylation sites (tertiary alicyclic amines) is 1.